The van der Waals surface area contributed by atoms with Crippen LogP contribution >= 0.6 is 0 Å². The molecular formula is C18H22N2O2. The van der Waals surface area contributed by atoms with Crippen molar-refractivity contribution in [2.75, 3.05) is 32.2 Å². The van der Waals surface area contributed by atoms with Crippen LogP contribution in [0.5, 0.6) is 11.5 Å². The average Bonchev–Trinajstić information content (AvgIpc) is 2.55. The number of rotatable bonds is 4. The molecule has 0 saturated carbocycles. The Morgan fingerprint density at radius 3 is 2.36 bits per heavy atom. The van der Waals surface area contributed by atoms with Gasteiger partial charge in [0.15, 0.2) is 11.5 Å². The minimum Gasteiger partial charge on any atom is -0.486 e. The Morgan fingerprint density at radius 2 is 1.68 bits per heavy atom. The number of anilines is 1. The van der Waals surface area contributed by atoms with Crippen LogP contribution in [-0.4, -0.2) is 27.3 Å². The van der Waals surface area contributed by atoms with Crippen LogP contribution in [0.3, 0.4) is 0 Å². The molecule has 1 heterocycles. The minimum absolute atomic E-state index is 0.0546. The molecule has 0 aliphatic carbocycles. The quantitative estimate of drug-likeness (QED) is 0.943. The SMILES string of the molecule is CN(C)c1ccc(CC(N)c2ccc3c(c2)OCCO3)cc1. The molecule has 116 valence electrons. The lowest BCUT2D eigenvalue weighted by atomic mass is 9.99. The normalized spacial score (nSPS) is 14.5. The van der Waals surface area contributed by atoms with E-state index < -0.39 is 0 Å². The zero-order chi connectivity index (χ0) is 15.5. The standard InChI is InChI=1S/C18H22N2O2/c1-20(2)15-6-3-13(4-7-15)11-16(19)14-5-8-17-18(12-14)22-10-9-21-17/h3-8,12,16H,9-11,19H2,1-2H3. The van der Waals surface area contributed by atoms with Gasteiger partial charge < -0.3 is 20.1 Å². The van der Waals surface area contributed by atoms with Crippen LogP contribution in [0.2, 0.25) is 0 Å². The van der Waals surface area contributed by atoms with Gasteiger partial charge in [-0.2, -0.15) is 0 Å². The maximum Gasteiger partial charge on any atom is 0.161 e. The number of nitrogens with zero attached hydrogens (tertiary/aromatic N) is 1. The number of hydrogen-bond acceptors (Lipinski definition) is 4. The minimum atomic E-state index is -0.0546. The highest BCUT2D eigenvalue weighted by Crippen LogP contribution is 2.32. The average molecular weight is 298 g/mol. The molecule has 0 fully saturated rings. The van der Waals surface area contributed by atoms with Gasteiger partial charge in [0.1, 0.15) is 13.2 Å². The lowest BCUT2D eigenvalue weighted by molar-refractivity contribution is 0.171. The number of hydrogen-bond donors (Lipinski definition) is 1. The van der Waals surface area contributed by atoms with E-state index in [1.807, 2.05) is 32.3 Å². The van der Waals surface area contributed by atoms with E-state index in [-0.39, 0.29) is 6.04 Å². The molecule has 3 rings (SSSR count). The maximum atomic E-state index is 6.35. The molecule has 1 unspecified atom stereocenters. The summed E-state index contributed by atoms with van der Waals surface area (Å²) >= 11 is 0. The highest BCUT2D eigenvalue weighted by Gasteiger charge is 2.15. The summed E-state index contributed by atoms with van der Waals surface area (Å²) in [6, 6.07) is 14.4. The highest BCUT2D eigenvalue weighted by molar-refractivity contribution is 5.47. The van der Waals surface area contributed by atoms with Crippen LogP contribution in [0.4, 0.5) is 5.69 Å². The molecule has 1 aliphatic heterocycles. The predicted molar refractivity (Wildman–Crippen MR) is 88.8 cm³/mol. The second kappa shape index (κ2) is 6.28. The van der Waals surface area contributed by atoms with Gasteiger partial charge in [0.2, 0.25) is 0 Å². The Kier molecular flexibility index (Phi) is 4.20. The van der Waals surface area contributed by atoms with Gasteiger partial charge in [0, 0.05) is 25.8 Å². The van der Waals surface area contributed by atoms with Crippen LogP contribution < -0.4 is 20.1 Å². The number of nitrogens with two attached hydrogens (primary N) is 1. The van der Waals surface area contributed by atoms with Crippen LogP contribution in [0.25, 0.3) is 0 Å². The van der Waals surface area contributed by atoms with Gasteiger partial charge in [0.25, 0.3) is 0 Å². The van der Waals surface area contributed by atoms with Gasteiger partial charge in [-0.3, -0.25) is 0 Å². The number of benzene rings is 2. The Labute approximate surface area is 131 Å². The fraction of sp³-hybridized carbons (Fsp3) is 0.333. The first-order valence-electron chi connectivity index (χ1n) is 7.55. The van der Waals surface area contributed by atoms with E-state index in [1.165, 1.54) is 11.3 Å². The molecule has 4 nitrogen and oxygen atoms in total. The van der Waals surface area contributed by atoms with Crippen molar-refractivity contribution in [1.29, 1.82) is 0 Å². The molecule has 0 aromatic heterocycles. The zero-order valence-electron chi connectivity index (χ0n) is 13.1. The second-order valence-corrected chi connectivity index (χ2v) is 5.77. The first-order valence-corrected chi connectivity index (χ1v) is 7.55. The fourth-order valence-corrected chi connectivity index (χ4v) is 2.59. The third-order valence-corrected chi connectivity index (χ3v) is 3.90. The summed E-state index contributed by atoms with van der Waals surface area (Å²) in [6.45, 7) is 1.20. The van der Waals surface area contributed by atoms with Gasteiger partial charge >= 0.3 is 0 Å². The van der Waals surface area contributed by atoms with Gasteiger partial charge in [-0.1, -0.05) is 18.2 Å². The monoisotopic (exact) mass is 298 g/mol. The first-order chi connectivity index (χ1) is 10.6. The van der Waals surface area contributed by atoms with Gasteiger partial charge in [-0.05, 0) is 41.8 Å². The van der Waals surface area contributed by atoms with Crippen molar-refractivity contribution in [3.63, 3.8) is 0 Å². The molecule has 1 atom stereocenters. The number of ether oxygens (including phenoxy) is 2. The largest absolute Gasteiger partial charge is 0.486 e. The summed E-state index contributed by atoms with van der Waals surface area (Å²) in [6.07, 6.45) is 0.799. The summed E-state index contributed by atoms with van der Waals surface area (Å²) in [5.41, 5.74) is 9.84. The molecule has 0 spiro atoms. The van der Waals surface area contributed by atoms with Crippen LogP contribution in [0.15, 0.2) is 42.5 Å². The van der Waals surface area contributed by atoms with Gasteiger partial charge in [-0.15, -0.1) is 0 Å². The summed E-state index contributed by atoms with van der Waals surface area (Å²) in [7, 11) is 4.08. The topological polar surface area (TPSA) is 47.7 Å². The molecule has 0 radical (unpaired) electrons. The number of fused-ring (bicyclic) bond motifs is 1. The zero-order valence-corrected chi connectivity index (χ0v) is 13.1. The second-order valence-electron chi connectivity index (χ2n) is 5.77. The third kappa shape index (κ3) is 3.17. The van der Waals surface area contributed by atoms with Gasteiger partial charge in [0.05, 0.1) is 0 Å². The Bertz CT molecular complexity index is 638. The van der Waals surface area contributed by atoms with Crippen molar-refractivity contribution in [3.8, 4) is 11.5 Å². The highest BCUT2D eigenvalue weighted by atomic mass is 16.6. The molecule has 4 heteroatoms. The summed E-state index contributed by atoms with van der Waals surface area (Å²) < 4.78 is 11.2. The van der Waals surface area contributed by atoms with Crippen molar-refractivity contribution < 1.29 is 9.47 Å². The van der Waals surface area contributed by atoms with Crippen LogP contribution in [0.1, 0.15) is 17.2 Å². The predicted octanol–water partition coefficient (Wildman–Crippen LogP) is 2.77. The Balaban J connectivity index is 1.72. The van der Waals surface area contributed by atoms with Crippen molar-refractivity contribution in [2.24, 2.45) is 5.73 Å². The Hall–Kier alpha value is -2.20. The van der Waals surface area contributed by atoms with E-state index in [2.05, 4.69) is 29.2 Å². The third-order valence-electron chi connectivity index (χ3n) is 3.90. The van der Waals surface area contributed by atoms with E-state index in [4.69, 9.17) is 15.2 Å². The summed E-state index contributed by atoms with van der Waals surface area (Å²) in [5.74, 6) is 1.60. The van der Waals surface area contributed by atoms with E-state index in [1.54, 1.807) is 0 Å². The van der Waals surface area contributed by atoms with Crippen molar-refractivity contribution >= 4 is 5.69 Å². The molecule has 1 aliphatic rings. The lowest BCUT2D eigenvalue weighted by Gasteiger charge is -2.20. The molecule has 0 saturated heterocycles. The lowest BCUT2D eigenvalue weighted by Crippen LogP contribution is -2.17. The first kappa shape index (κ1) is 14.7. The fourth-order valence-electron chi connectivity index (χ4n) is 2.59. The smallest absolute Gasteiger partial charge is 0.161 e. The van der Waals surface area contributed by atoms with Gasteiger partial charge in [-0.25, -0.2) is 0 Å². The molecule has 0 amide bonds. The maximum absolute atomic E-state index is 6.35. The van der Waals surface area contributed by atoms with Crippen LogP contribution in [-0.2, 0) is 6.42 Å². The van der Waals surface area contributed by atoms with Crippen molar-refractivity contribution in [2.45, 2.75) is 12.5 Å². The van der Waals surface area contributed by atoms with Crippen LogP contribution in [0, 0.1) is 0 Å². The molecule has 22 heavy (non-hydrogen) atoms. The molecule has 2 aromatic carbocycles. The van der Waals surface area contributed by atoms with E-state index in [0.29, 0.717) is 13.2 Å². The molecular weight excluding hydrogens is 276 g/mol. The van der Waals surface area contributed by atoms with Crippen molar-refractivity contribution in [3.05, 3.63) is 53.6 Å². The summed E-state index contributed by atoms with van der Waals surface area (Å²) in [4.78, 5) is 2.09. The molecule has 2 N–H and O–H groups in total. The van der Waals surface area contributed by atoms with E-state index >= 15 is 0 Å². The summed E-state index contributed by atoms with van der Waals surface area (Å²) in [5, 5.41) is 0. The Morgan fingerprint density at radius 1 is 1.00 bits per heavy atom. The molecule has 0 bridgehead atoms. The van der Waals surface area contributed by atoms with E-state index in [0.717, 1.165) is 23.5 Å². The van der Waals surface area contributed by atoms with Crippen molar-refractivity contribution in [1.82, 2.24) is 0 Å². The van der Waals surface area contributed by atoms with E-state index in [9.17, 15) is 0 Å². The molecule has 2 aromatic rings.